The molecule has 0 saturated heterocycles. The Morgan fingerprint density at radius 2 is 1.15 bits per heavy atom. The number of hydrogen-bond donors (Lipinski definition) is 2. The third kappa shape index (κ3) is 3.03. The average Bonchev–Trinajstić information content (AvgIpc) is 2.45. The molecule has 0 aliphatic rings. The zero-order valence-electron chi connectivity index (χ0n) is 11.3. The minimum Gasteiger partial charge on any atom is -0.504 e. The molecule has 0 aliphatic heterocycles. The van der Waals surface area contributed by atoms with Gasteiger partial charge < -0.3 is 19.7 Å². The topological polar surface area (TPSA) is 58.9 Å². The Kier molecular flexibility index (Phi) is 4.15. The van der Waals surface area contributed by atoms with Crippen LogP contribution in [0.4, 0.5) is 0 Å². The monoisotopic (exact) mass is 272 g/mol. The number of methoxy groups -OCH3 is 2. The lowest BCUT2D eigenvalue weighted by atomic mass is 10.1. The molecule has 0 unspecified atom stereocenters. The van der Waals surface area contributed by atoms with Gasteiger partial charge in [0.1, 0.15) is 0 Å². The van der Waals surface area contributed by atoms with Gasteiger partial charge in [0, 0.05) is 0 Å². The molecular weight excluding hydrogens is 256 g/mol. The van der Waals surface area contributed by atoms with Crippen LogP contribution in [0.1, 0.15) is 11.1 Å². The molecule has 4 heteroatoms. The second kappa shape index (κ2) is 6.02. The largest absolute Gasteiger partial charge is 0.504 e. The summed E-state index contributed by atoms with van der Waals surface area (Å²) in [5.74, 6) is 1.05. The molecule has 0 radical (unpaired) electrons. The predicted molar refractivity (Wildman–Crippen MR) is 78.2 cm³/mol. The molecule has 0 atom stereocenters. The Morgan fingerprint density at radius 1 is 0.750 bits per heavy atom. The summed E-state index contributed by atoms with van der Waals surface area (Å²) in [5.41, 5.74) is 1.66. The van der Waals surface area contributed by atoms with Crippen molar-refractivity contribution in [3.8, 4) is 23.0 Å². The normalized spacial score (nSPS) is 10.7. The molecule has 0 spiro atoms. The lowest BCUT2D eigenvalue weighted by Crippen LogP contribution is -1.84. The van der Waals surface area contributed by atoms with Crippen LogP contribution in [-0.2, 0) is 0 Å². The first-order valence-electron chi connectivity index (χ1n) is 6.06. The predicted octanol–water partition coefficient (Wildman–Crippen LogP) is 3.29. The molecule has 0 aliphatic carbocycles. The van der Waals surface area contributed by atoms with Crippen LogP contribution in [0.3, 0.4) is 0 Å². The molecule has 0 bridgehead atoms. The molecule has 20 heavy (non-hydrogen) atoms. The summed E-state index contributed by atoms with van der Waals surface area (Å²) in [6.07, 6.45) is 3.67. The molecule has 2 N–H and O–H groups in total. The maximum atomic E-state index is 9.69. The number of aromatic hydroxyl groups is 2. The fourth-order valence-corrected chi connectivity index (χ4v) is 1.81. The van der Waals surface area contributed by atoms with E-state index in [4.69, 9.17) is 9.47 Å². The van der Waals surface area contributed by atoms with Gasteiger partial charge in [-0.3, -0.25) is 0 Å². The van der Waals surface area contributed by atoms with Crippen LogP contribution in [0.25, 0.3) is 12.2 Å². The van der Waals surface area contributed by atoms with Crippen LogP contribution < -0.4 is 9.47 Å². The minimum atomic E-state index is 0.0900. The summed E-state index contributed by atoms with van der Waals surface area (Å²) in [6.45, 7) is 0. The molecule has 0 fully saturated rings. The van der Waals surface area contributed by atoms with Gasteiger partial charge in [0.2, 0.25) is 0 Å². The molecule has 0 amide bonds. The van der Waals surface area contributed by atoms with Gasteiger partial charge in [-0.15, -0.1) is 0 Å². The molecule has 104 valence electrons. The Bertz CT molecular complexity index is 577. The highest BCUT2D eigenvalue weighted by Crippen LogP contribution is 2.29. The van der Waals surface area contributed by atoms with Crippen molar-refractivity contribution in [2.24, 2.45) is 0 Å². The van der Waals surface area contributed by atoms with Crippen molar-refractivity contribution in [3.05, 3.63) is 47.5 Å². The van der Waals surface area contributed by atoms with Crippen molar-refractivity contribution in [1.29, 1.82) is 0 Å². The van der Waals surface area contributed by atoms with E-state index in [0.29, 0.717) is 11.5 Å². The first-order valence-corrected chi connectivity index (χ1v) is 6.06. The molecular formula is C16H16O4. The van der Waals surface area contributed by atoms with E-state index in [-0.39, 0.29) is 11.5 Å². The molecule has 4 nitrogen and oxygen atoms in total. The highest BCUT2D eigenvalue weighted by molar-refractivity contribution is 5.72. The number of hydrogen-bond acceptors (Lipinski definition) is 4. The zero-order valence-corrected chi connectivity index (χ0v) is 11.3. The van der Waals surface area contributed by atoms with Crippen LogP contribution in [0.15, 0.2) is 36.4 Å². The summed E-state index contributed by atoms with van der Waals surface area (Å²) in [6, 6.07) is 10.3. The van der Waals surface area contributed by atoms with E-state index in [0.717, 1.165) is 11.1 Å². The van der Waals surface area contributed by atoms with E-state index >= 15 is 0 Å². The molecule has 2 rings (SSSR count). The van der Waals surface area contributed by atoms with Gasteiger partial charge in [-0.05, 0) is 35.4 Å². The Hall–Kier alpha value is -2.62. The lowest BCUT2D eigenvalue weighted by Gasteiger charge is -2.04. The highest BCUT2D eigenvalue weighted by atomic mass is 16.5. The Balaban J connectivity index is 2.20. The number of benzene rings is 2. The summed E-state index contributed by atoms with van der Waals surface area (Å²) in [5, 5.41) is 19.4. The quantitative estimate of drug-likeness (QED) is 0.838. The highest BCUT2D eigenvalue weighted by Gasteiger charge is 2.02. The second-order valence-corrected chi connectivity index (χ2v) is 4.20. The van der Waals surface area contributed by atoms with Crippen molar-refractivity contribution >= 4 is 12.2 Å². The number of phenolic OH excluding ortho intramolecular Hbond substituents is 2. The second-order valence-electron chi connectivity index (χ2n) is 4.20. The van der Waals surface area contributed by atoms with Gasteiger partial charge in [0.15, 0.2) is 23.0 Å². The maximum absolute atomic E-state index is 9.69. The maximum Gasteiger partial charge on any atom is 0.160 e. The Morgan fingerprint density at radius 3 is 1.45 bits per heavy atom. The van der Waals surface area contributed by atoms with Crippen LogP contribution in [0, 0.1) is 0 Å². The van der Waals surface area contributed by atoms with Crippen LogP contribution in [0.2, 0.25) is 0 Å². The molecule has 0 heterocycles. The first kappa shape index (κ1) is 13.8. The van der Waals surface area contributed by atoms with Crippen molar-refractivity contribution < 1.29 is 19.7 Å². The number of phenols is 2. The van der Waals surface area contributed by atoms with E-state index in [1.807, 2.05) is 24.3 Å². The van der Waals surface area contributed by atoms with Crippen LogP contribution in [0.5, 0.6) is 23.0 Å². The van der Waals surface area contributed by atoms with Crippen molar-refractivity contribution in [1.82, 2.24) is 0 Å². The van der Waals surface area contributed by atoms with E-state index in [1.54, 1.807) is 24.3 Å². The summed E-state index contributed by atoms with van der Waals surface area (Å²) in [7, 11) is 3.01. The minimum absolute atomic E-state index is 0.0900. The standard InChI is InChI=1S/C16H16O4/c1-19-15-7-5-11(9-13(15)17)3-4-12-6-8-16(20-2)14(18)10-12/h3-10,17-18H,1-2H3. The lowest BCUT2D eigenvalue weighted by molar-refractivity contribution is 0.373. The van der Waals surface area contributed by atoms with Gasteiger partial charge >= 0.3 is 0 Å². The summed E-state index contributed by atoms with van der Waals surface area (Å²) in [4.78, 5) is 0. The van der Waals surface area contributed by atoms with E-state index in [2.05, 4.69) is 0 Å². The molecule has 2 aromatic rings. The zero-order chi connectivity index (χ0) is 14.5. The van der Waals surface area contributed by atoms with Gasteiger partial charge in [-0.1, -0.05) is 24.3 Å². The van der Waals surface area contributed by atoms with E-state index < -0.39 is 0 Å². The van der Waals surface area contributed by atoms with Crippen molar-refractivity contribution in [2.75, 3.05) is 14.2 Å². The number of rotatable bonds is 4. The number of ether oxygens (including phenoxy) is 2. The summed E-state index contributed by atoms with van der Waals surface area (Å²) < 4.78 is 9.97. The third-order valence-corrected chi connectivity index (χ3v) is 2.87. The average molecular weight is 272 g/mol. The molecule has 2 aromatic carbocycles. The summed E-state index contributed by atoms with van der Waals surface area (Å²) >= 11 is 0. The fourth-order valence-electron chi connectivity index (χ4n) is 1.81. The van der Waals surface area contributed by atoms with E-state index in [9.17, 15) is 10.2 Å². The van der Waals surface area contributed by atoms with Crippen molar-refractivity contribution in [3.63, 3.8) is 0 Å². The molecule has 0 aromatic heterocycles. The first-order chi connectivity index (χ1) is 9.63. The van der Waals surface area contributed by atoms with Crippen LogP contribution >= 0.6 is 0 Å². The van der Waals surface area contributed by atoms with Crippen molar-refractivity contribution in [2.45, 2.75) is 0 Å². The van der Waals surface area contributed by atoms with Gasteiger partial charge in [-0.25, -0.2) is 0 Å². The van der Waals surface area contributed by atoms with Gasteiger partial charge in [0.25, 0.3) is 0 Å². The SMILES string of the molecule is COc1ccc(C=Cc2ccc(OC)c(O)c2)cc1O. The fraction of sp³-hybridized carbons (Fsp3) is 0.125. The smallest absolute Gasteiger partial charge is 0.160 e. The Labute approximate surface area is 117 Å². The third-order valence-electron chi connectivity index (χ3n) is 2.87. The van der Waals surface area contributed by atoms with Gasteiger partial charge in [0.05, 0.1) is 14.2 Å². The van der Waals surface area contributed by atoms with E-state index in [1.165, 1.54) is 14.2 Å². The van der Waals surface area contributed by atoms with Crippen LogP contribution in [-0.4, -0.2) is 24.4 Å². The van der Waals surface area contributed by atoms with Gasteiger partial charge in [-0.2, -0.15) is 0 Å². The molecule has 0 saturated carbocycles.